The van der Waals surface area contributed by atoms with E-state index >= 15 is 0 Å². The molecule has 132 valence electrons. The fourth-order valence-electron chi connectivity index (χ4n) is 2.29. The Labute approximate surface area is 139 Å². The van der Waals surface area contributed by atoms with Gasteiger partial charge in [-0.2, -0.15) is 0 Å². The van der Waals surface area contributed by atoms with E-state index in [4.69, 9.17) is 4.74 Å². The van der Waals surface area contributed by atoms with Crippen LogP contribution in [-0.4, -0.2) is 39.6 Å². The standard InChI is InChI=1S/C15H13F3N4O3/c1-24-7-6-22-13-12(21-14(22)23)20-11(8-19-13)9-2-4-10(5-3-9)25-15(16,17)18/h2-5,8H,6-7H2,1H3,(H,20,21,23). The number of ether oxygens (including phenoxy) is 2. The number of hydrogen-bond donors (Lipinski definition) is 1. The first-order chi connectivity index (χ1) is 11.9. The number of aromatic amines is 1. The van der Waals surface area contributed by atoms with Crippen LogP contribution < -0.4 is 10.4 Å². The minimum atomic E-state index is -4.75. The molecule has 25 heavy (non-hydrogen) atoms. The van der Waals surface area contributed by atoms with Gasteiger partial charge in [0.2, 0.25) is 0 Å². The number of rotatable bonds is 5. The molecule has 0 aliphatic heterocycles. The molecule has 1 N–H and O–H groups in total. The van der Waals surface area contributed by atoms with Gasteiger partial charge in [0.1, 0.15) is 5.75 Å². The molecule has 0 spiro atoms. The molecule has 0 aliphatic rings. The molecule has 0 fully saturated rings. The van der Waals surface area contributed by atoms with E-state index in [1.54, 1.807) is 0 Å². The van der Waals surface area contributed by atoms with Crippen LogP contribution >= 0.6 is 0 Å². The molecule has 0 saturated heterocycles. The summed E-state index contributed by atoms with van der Waals surface area (Å²) in [5, 5.41) is 0. The fraction of sp³-hybridized carbons (Fsp3) is 0.267. The van der Waals surface area contributed by atoms with Crippen molar-refractivity contribution in [2.24, 2.45) is 0 Å². The molecule has 0 atom stereocenters. The lowest BCUT2D eigenvalue weighted by atomic mass is 10.1. The topological polar surface area (TPSA) is 82.0 Å². The Morgan fingerprint density at radius 3 is 2.60 bits per heavy atom. The van der Waals surface area contributed by atoms with Crippen molar-refractivity contribution in [3.8, 4) is 17.0 Å². The molecule has 0 radical (unpaired) electrons. The Morgan fingerprint density at radius 1 is 1.24 bits per heavy atom. The van der Waals surface area contributed by atoms with Crippen LogP contribution in [0.25, 0.3) is 22.6 Å². The van der Waals surface area contributed by atoms with Crippen LogP contribution in [0.3, 0.4) is 0 Å². The van der Waals surface area contributed by atoms with Crippen molar-refractivity contribution in [1.82, 2.24) is 19.5 Å². The summed E-state index contributed by atoms with van der Waals surface area (Å²) in [4.78, 5) is 23.0. The van der Waals surface area contributed by atoms with Gasteiger partial charge in [0.15, 0.2) is 11.3 Å². The molecule has 1 aromatic carbocycles. The first-order valence-electron chi connectivity index (χ1n) is 7.18. The number of nitrogens with one attached hydrogen (secondary N) is 1. The van der Waals surface area contributed by atoms with E-state index in [9.17, 15) is 18.0 Å². The molecule has 2 aromatic heterocycles. The fourth-order valence-corrected chi connectivity index (χ4v) is 2.29. The average molecular weight is 354 g/mol. The normalized spacial score (nSPS) is 11.8. The zero-order valence-electron chi connectivity index (χ0n) is 13.0. The number of methoxy groups -OCH3 is 1. The Balaban J connectivity index is 1.90. The number of halogens is 3. The molecule has 2 heterocycles. The molecule has 0 bridgehead atoms. The zero-order chi connectivity index (χ0) is 18.0. The summed E-state index contributed by atoms with van der Waals surface area (Å²) in [5.74, 6) is -0.329. The molecule has 0 saturated carbocycles. The Hall–Kier alpha value is -2.88. The highest BCUT2D eigenvalue weighted by atomic mass is 19.4. The van der Waals surface area contributed by atoms with E-state index in [0.717, 1.165) is 0 Å². The summed E-state index contributed by atoms with van der Waals surface area (Å²) in [6.07, 6.45) is -3.30. The van der Waals surface area contributed by atoms with E-state index < -0.39 is 6.36 Å². The average Bonchev–Trinajstić information content (AvgIpc) is 2.86. The van der Waals surface area contributed by atoms with Gasteiger partial charge in [-0.3, -0.25) is 9.55 Å². The van der Waals surface area contributed by atoms with E-state index in [-0.39, 0.29) is 17.1 Å². The van der Waals surface area contributed by atoms with E-state index in [1.165, 1.54) is 42.1 Å². The predicted molar refractivity (Wildman–Crippen MR) is 82.1 cm³/mol. The third-order valence-corrected chi connectivity index (χ3v) is 3.38. The summed E-state index contributed by atoms with van der Waals surface area (Å²) in [6, 6.07) is 5.22. The highest BCUT2D eigenvalue weighted by Crippen LogP contribution is 2.25. The van der Waals surface area contributed by atoms with Crippen molar-refractivity contribution in [3.63, 3.8) is 0 Å². The van der Waals surface area contributed by atoms with Crippen LogP contribution in [0.2, 0.25) is 0 Å². The van der Waals surface area contributed by atoms with Gasteiger partial charge in [0, 0.05) is 12.7 Å². The number of hydrogen-bond acceptors (Lipinski definition) is 5. The second-order valence-corrected chi connectivity index (χ2v) is 5.07. The van der Waals surface area contributed by atoms with Gasteiger partial charge in [-0.15, -0.1) is 13.2 Å². The van der Waals surface area contributed by atoms with Crippen LogP contribution in [0.4, 0.5) is 13.2 Å². The number of alkyl halides is 3. The largest absolute Gasteiger partial charge is 0.573 e. The van der Waals surface area contributed by atoms with E-state index in [2.05, 4.69) is 19.7 Å². The van der Waals surface area contributed by atoms with Gasteiger partial charge in [0.25, 0.3) is 0 Å². The van der Waals surface area contributed by atoms with Crippen molar-refractivity contribution in [3.05, 3.63) is 40.9 Å². The van der Waals surface area contributed by atoms with Gasteiger partial charge in [-0.05, 0) is 24.3 Å². The van der Waals surface area contributed by atoms with Crippen LogP contribution in [0.1, 0.15) is 0 Å². The van der Waals surface area contributed by atoms with E-state index in [0.29, 0.717) is 30.1 Å². The number of benzene rings is 1. The number of nitrogens with zero attached hydrogens (tertiary/aromatic N) is 3. The Morgan fingerprint density at radius 2 is 1.96 bits per heavy atom. The highest BCUT2D eigenvalue weighted by molar-refractivity contribution is 5.70. The first kappa shape index (κ1) is 17.0. The number of H-pyrrole nitrogens is 1. The second kappa shape index (κ2) is 6.55. The van der Waals surface area contributed by atoms with Crippen LogP contribution in [0, 0.1) is 0 Å². The summed E-state index contributed by atoms with van der Waals surface area (Å²) in [6.45, 7) is 0.670. The van der Waals surface area contributed by atoms with Crippen molar-refractivity contribution in [1.29, 1.82) is 0 Å². The lowest BCUT2D eigenvalue weighted by molar-refractivity contribution is -0.274. The van der Waals surface area contributed by atoms with Gasteiger partial charge in [-0.25, -0.2) is 14.8 Å². The maximum Gasteiger partial charge on any atom is 0.573 e. The summed E-state index contributed by atoms with van der Waals surface area (Å²) in [7, 11) is 1.52. The number of imidazole rings is 1. The van der Waals surface area contributed by atoms with Gasteiger partial charge in [0.05, 0.1) is 25.0 Å². The number of fused-ring (bicyclic) bond motifs is 1. The lowest BCUT2D eigenvalue weighted by Crippen LogP contribution is -2.19. The van der Waals surface area contributed by atoms with Gasteiger partial charge < -0.3 is 9.47 Å². The molecular weight excluding hydrogens is 341 g/mol. The molecular formula is C15H13F3N4O3. The predicted octanol–water partition coefficient (Wildman–Crippen LogP) is 2.33. The van der Waals surface area contributed by atoms with Crippen LogP contribution in [0.5, 0.6) is 5.75 Å². The summed E-state index contributed by atoms with van der Waals surface area (Å²) >= 11 is 0. The lowest BCUT2D eigenvalue weighted by Gasteiger charge is -2.09. The maximum absolute atomic E-state index is 12.2. The van der Waals surface area contributed by atoms with Crippen molar-refractivity contribution >= 4 is 11.3 Å². The van der Waals surface area contributed by atoms with E-state index in [1.807, 2.05) is 0 Å². The summed E-state index contributed by atoms with van der Waals surface area (Å²) < 4.78 is 46.7. The minimum Gasteiger partial charge on any atom is -0.406 e. The minimum absolute atomic E-state index is 0.286. The first-order valence-corrected chi connectivity index (χ1v) is 7.18. The smallest absolute Gasteiger partial charge is 0.406 e. The summed E-state index contributed by atoms with van der Waals surface area (Å²) in [5.41, 5.74) is 1.25. The molecule has 0 aliphatic carbocycles. The SMILES string of the molecule is COCCn1c(=O)[nH]c2nc(-c3ccc(OC(F)(F)F)cc3)cnc21. The highest BCUT2D eigenvalue weighted by Gasteiger charge is 2.31. The number of aromatic nitrogens is 4. The molecule has 10 heteroatoms. The molecule has 3 rings (SSSR count). The van der Waals surface area contributed by atoms with Crippen LogP contribution in [0.15, 0.2) is 35.3 Å². The third kappa shape index (κ3) is 3.79. The monoisotopic (exact) mass is 354 g/mol. The molecule has 0 unspecified atom stereocenters. The Kier molecular flexibility index (Phi) is 4.45. The van der Waals surface area contributed by atoms with Crippen molar-refractivity contribution < 1.29 is 22.6 Å². The zero-order valence-corrected chi connectivity index (χ0v) is 13.0. The van der Waals surface area contributed by atoms with Crippen LogP contribution in [-0.2, 0) is 11.3 Å². The Bertz CT molecular complexity index is 932. The van der Waals surface area contributed by atoms with Gasteiger partial charge >= 0.3 is 12.1 Å². The molecule has 0 amide bonds. The third-order valence-electron chi connectivity index (χ3n) is 3.38. The van der Waals surface area contributed by atoms with Crippen molar-refractivity contribution in [2.75, 3.05) is 13.7 Å². The molecule has 7 nitrogen and oxygen atoms in total. The molecule has 3 aromatic rings. The van der Waals surface area contributed by atoms with Gasteiger partial charge in [-0.1, -0.05) is 0 Å². The maximum atomic E-state index is 12.2. The van der Waals surface area contributed by atoms with Crippen molar-refractivity contribution in [2.45, 2.75) is 12.9 Å². The quantitative estimate of drug-likeness (QED) is 0.760. The second-order valence-electron chi connectivity index (χ2n) is 5.07.